The van der Waals surface area contributed by atoms with Crippen molar-refractivity contribution in [3.63, 3.8) is 0 Å². The highest BCUT2D eigenvalue weighted by molar-refractivity contribution is 7.91. The molecule has 0 aliphatic rings. The topological polar surface area (TPSA) is 48.0 Å². The van der Waals surface area contributed by atoms with Gasteiger partial charge in [0.05, 0.1) is 0 Å². The molecular formula is C12H17ClN2OS. The minimum atomic E-state index is -0.759. The predicted molar refractivity (Wildman–Crippen MR) is 73.6 cm³/mol. The summed E-state index contributed by atoms with van der Waals surface area (Å²) in [5, 5.41) is 3.78. The Kier molecular flexibility index (Phi) is 7.28. The van der Waals surface area contributed by atoms with Crippen LogP contribution in [-0.2, 0) is 17.7 Å². The van der Waals surface area contributed by atoms with Crippen LogP contribution >= 0.6 is 11.6 Å². The third-order valence-electron chi connectivity index (χ3n) is 2.15. The number of rotatable bonds is 8. The molecule has 3 nitrogen and oxygen atoms in total. The molecule has 1 heterocycles. The second kappa shape index (κ2) is 8.53. The van der Waals surface area contributed by atoms with Gasteiger partial charge in [0.2, 0.25) is 0 Å². The predicted octanol–water partition coefficient (Wildman–Crippen LogP) is 2.15. The highest BCUT2D eigenvalue weighted by atomic mass is 35.5. The minimum Gasteiger partial charge on any atom is -0.616 e. The van der Waals surface area contributed by atoms with Crippen LogP contribution in [0.25, 0.3) is 0 Å². The zero-order chi connectivity index (χ0) is 12.5. The monoisotopic (exact) mass is 272 g/mol. The minimum absolute atomic E-state index is 0.508. The quantitative estimate of drug-likeness (QED) is 0.341. The standard InChI is InChI=1S/C12H17ClN2OS/c1-2-7-17(16)8-3-6-14-9-11-4-5-12(13)15-10-11/h2,4-5,10,14H,1,3,6-9H2. The molecule has 0 fully saturated rings. The number of nitrogens with zero attached hydrogens (tertiary/aromatic N) is 1. The Morgan fingerprint density at radius 3 is 3.00 bits per heavy atom. The molecule has 17 heavy (non-hydrogen) atoms. The summed E-state index contributed by atoms with van der Waals surface area (Å²) in [5.41, 5.74) is 1.10. The van der Waals surface area contributed by atoms with E-state index in [9.17, 15) is 4.55 Å². The number of aromatic nitrogens is 1. The van der Waals surface area contributed by atoms with Gasteiger partial charge in [-0.25, -0.2) is 4.98 Å². The van der Waals surface area contributed by atoms with Gasteiger partial charge in [0, 0.05) is 19.2 Å². The van der Waals surface area contributed by atoms with Crippen LogP contribution in [0.2, 0.25) is 5.15 Å². The van der Waals surface area contributed by atoms with Gasteiger partial charge < -0.3 is 9.87 Å². The summed E-state index contributed by atoms with van der Waals surface area (Å²) in [4.78, 5) is 4.00. The van der Waals surface area contributed by atoms with E-state index in [2.05, 4.69) is 16.9 Å². The molecule has 0 saturated carbocycles. The summed E-state index contributed by atoms with van der Waals surface area (Å²) >= 11 is 4.93. The number of hydrogen-bond acceptors (Lipinski definition) is 3. The molecule has 1 aromatic heterocycles. The number of halogens is 1. The molecule has 0 spiro atoms. The van der Waals surface area contributed by atoms with Crippen LogP contribution in [0.4, 0.5) is 0 Å². The molecule has 0 amide bonds. The van der Waals surface area contributed by atoms with Crippen LogP contribution in [-0.4, -0.2) is 27.6 Å². The van der Waals surface area contributed by atoms with Gasteiger partial charge in [0.25, 0.3) is 0 Å². The Morgan fingerprint density at radius 1 is 1.53 bits per heavy atom. The lowest BCUT2D eigenvalue weighted by atomic mass is 10.3. The molecule has 1 unspecified atom stereocenters. The molecule has 0 saturated heterocycles. The first-order valence-electron chi connectivity index (χ1n) is 5.49. The lowest BCUT2D eigenvalue weighted by Gasteiger charge is -2.09. The van der Waals surface area contributed by atoms with Crippen LogP contribution in [0, 0.1) is 0 Å². The fourth-order valence-corrected chi connectivity index (χ4v) is 2.32. The molecule has 0 aliphatic carbocycles. The fourth-order valence-electron chi connectivity index (χ4n) is 1.32. The van der Waals surface area contributed by atoms with Crippen molar-refractivity contribution in [1.29, 1.82) is 0 Å². The first-order chi connectivity index (χ1) is 8.22. The van der Waals surface area contributed by atoms with Crippen LogP contribution in [0.15, 0.2) is 31.0 Å². The Bertz CT molecular complexity index is 332. The molecule has 0 aliphatic heterocycles. The van der Waals surface area contributed by atoms with Gasteiger partial charge in [0.1, 0.15) is 16.7 Å². The smallest absolute Gasteiger partial charge is 0.129 e. The Hall–Kier alpha value is -0.550. The van der Waals surface area contributed by atoms with Crippen molar-refractivity contribution < 1.29 is 4.55 Å². The molecule has 94 valence electrons. The molecule has 1 rings (SSSR count). The summed E-state index contributed by atoms with van der Waals surface area (Å²) in [6.45, 7) is 5.18. The van der Waals surface area contributed by atoms with Gasteiger partial charge in [-0.05, 0) is 35.4 Å². The van der Waals surface area contributed by atoms with Crippen molar-refractivity contribution >= 4 is 22.8 Å². The van der Waals surface area contributed by atoms with E-state index in [0.717, 1.165) is 30.8 Å². The average molecular weight is 273 g/mol. The van der Waals surface area contributed by atoms with Crippen molar-refractivity contribution in [3.8, 4) is 0 Å². The van der Waals surface area contributed by atoms with Crippen LogP contribution in [0.5, 0.6) is 0 Å². The van der Waals surface area contributed by atoms with E-state index in [0.29, 0.717) is 10.9 Å². The Morgan fingerprint density at radius 2 is 2.35 bits per heavy atom. The van der Waals surface area contributed by atoms with E-state index in [1.54, 1.807) is 18.3 Å². The van der Waals surface area contributed by atoms with Gasteiger partial charge >= 0.3 is 0 Å². The molecular weight excluding hydrogens is 256 g/mol. The molecule has 1 atom stereocenters. The maximum Gasteiger partial charge on any atom is 0.129 e. The molecule has 5 heteroatoms. The van der Waals surface area contributed by atoms with Crippen molar-refractivity contribution in [1.82, 2.24) is 10.3 Å². The summed E-state index contributed by atoms with van der Waals surface area (Å²) < 4.78 is 11.3. The maximum atomic E-state index is 11.3. The average Bonchev–Trinajstić information content (AvgIpc) is 2.31. The lowest BCUT2D eigenvalue weighted by molar-refractivity contribution is 0.590. The van der Waals surface area contributed by atoms with Gasteiger partial charge in [-0.1, -0.05) is 24.2 Å². The van der Waals surface area contributed by atoms with E-state index in [1.165, 1.54) is 0 Å². The Balaban J connectivity index is 2.08. The van der Waals surface area contributed by atoms with Gasteiger partial charge in [-0.3, -0.25) is 0 Å². The summed E-state index contributed by atoms with van der Waals surface area (Å²) in [6.07, 6.45) is 4.36. The van der Waals surface area contributed by atoms with Crippen LogP contribution < -0.4 is 5.32 Å². The normalized spacial score (nSPS) is 12.4. The number of hydrogen-bond donors (Lipinski definition) is 1. The largest absolute Gasteiger partial charge is 0.616 e. The maximum absolute atomic E-state index is 11.3. The van der Waals surface area contributed by atoms with E-state index < -0.39 is 11.2 Å². The van der Waals surface area contributed by atoms with Crippen molar-refractivity contribution in [3.05, 3.63) is 41.7 Å². The lowest BCUT2D eigenvalue weighted by Crippen LogP contribution is -2.19. The third kappa shape index (κ3) is 6.68. The highest BCUT2D eigenvalue weighted by Gasteiger charge is 2.02. The van der Waals surface area contributed by atoms with Crippen LogP contribution in [0.1, 0.15) is 12.0 Å². The zero-order valence-corrected chi connectivity index (χ0v) is 11.3. The van der Waals surface area contributed by atoms with E-state index in [-0.39, 0.29) is 0 Å². The first kappa shape index (κ1) is 14.5. The van der Waals surface area contributed by atoms with Crippen LogP contribution in [0.3, 0.4) is 0 Å². The second-order valence-electron chi connectivity index (χ2n) is 3.62. The number of nitrogens with one attached hydrogen (secondary N) is 1. The van der Waals surface area contributed by atoms with E-state index in [4.69, 9.17) is 11.6 Å². The van der Waals surface area contributed by atoms with Crippen molar-refractivity contribution in [2.45, 2.75) is 13.0 Å². The molecule has 0 aromatic carbocycles. The fraction of sp³-hybridized carbons (Fsp3) is 0.417. The highest BCUT2D eigenvalue weighted by Crippen LogP contribution is 2.04. The molecule has 1 aromatic rings. The van der Waals surface area contributed by atoms with Gasteiger partial charge in [-0.15, -0.1) is 0 Å². The van der Waals surface area contributed by atoms with Gasteiger partial charge in [0.15, 0.2) is 0 Å². The summed E-state index contributed by atoms with van der Waals surface area (Å²) in [7, 11) is 0. The van der Waals surface area contributed by atoms with E-state index >= 15 is 0 Å². The molecule has 1 N–H and O–H groups in total. The number of pyridine rings is 1. The third-order valence-corrected chi connectivity index (χ3v) is 3.72. The summed E-state index contributed by atoms with van der Waals surface area (Å²) in [6, 6.07) is 3.72. The van der Waals surface area contributed by atoms with Gasteiger partial charge in [-0.2, -0.15) is 0 Å². The van der Waals surface area contributed by atoms with E-state index in [1.807, 2.05) is 6.07 Å². The van der Waals surface area contributed by atoms with Crippen molar-refractivity contribution in [2.24, 2.45) is 0 Å². The van der Waals surface area contributed by atoms with Crippen molar-refractivity contribution in [2.75, 3.05) is 18.1 Å². The Labute approximate surface area is 110 Å². The first-order valence-corrected chi connectivity index (χ1v) is 7.36. The molecule has 0 radical (unpaired) electrons. The SMILES string of the molecule is C=CC[S+]([O-])CCCNCc1ccc(Cl)nc1. The summed E-state index contributed by atoms with van der Waals surface area (Å²) in [5.74, 6) is 1.30. The second-order valence-corrected chi connectivity index (χ2v) is 5.63. The zero-order valence-electron chi connectivity index (χ0n) is 9.69. The molecule has 0 bridgehead atoms.